The Labute approximate surface area is 216 Å². The zero-order chi connectivity index (χ0) is 26.8. The van der Waals surface area contributed by atoms with Crippen molar-refractivity contribution in [1.82, 2.24) is 24.7 Å². The lowest BCUT2D eigenvalue weighted by molar-refractivity contribution is -0.137. The first-order chi connectivity index (χ1) is 17.5. The number of piperidine rings is 1. The molecule has 2 aromatic rings. The molecule has 1 aromatic heterocycles. The maximum absolute atomic E-state index is 13.0. The molecule has 3 heterocycles. The van der Waals surface area contributed by atoms with E-state index >= 15 is 0 Å². The highest BCUT2D eigenvalue weighted by atomic mass is 19.4. The van der Waals surface area contributed by atoms with Crippen LogP contribution >= 0.6 is 0 Å². The van der Waals surface area contributed by atoms with Gasteiger partial charge in [-0.3, -0.25) is 14.6 Å². The maximum atomic E-state index is 13.0. The Morgan fingerprint density at radius 3 is 2.41 bits per heavy atom. The first kappa shape index (κ1) is 27.5. The third-order valence-corrected chi connectivity index (χ3v) is 8.06. The number of methoxy groups -OCH3 is 1. The fraction of sp³-hybridized carbons (Fsp3) is 0.593. The molecule has 0 spiro atoms. The van der Waals surface area contributed by atoms with Crippen LogP contribution in [0.1, 0.15) is 59.9 Å². The van der Waals surface area contributed by atoms with E-state index in [9.17, 15) is 18.0 Å². The molecule has 202 valence electrons. The summed E-state index contributed by atoms with van der Waals surface area (Å²) < 4.78 is 44.6. The maximum Gasteiger partial charge on any atom is 0.416 e. The third-order valence-electron chi connectivity index (χ3n) is 8.06. The minimum atomic E-state index is -4.35. The minimum absolute atomic E-state index is 0.0164. The van der Waals surface area contributed by atoms with E-state index in [2.05, 4.69) is 33.6 Å². The number of hydrogen-bond acceptors (Lipinski definition) is 6. The third kappa shape index (κ3) is 5.97. The minimum Gasteiger partial charge on any atom is -0.383 e. The van der Waals surface area contributed by atoms with Gasteiger partial charge >= 0.3 is 6.18 Å². The van der Waals surface area contributed by atoms with Gasteiger partial charge in [-0.05, 0) is 51.3 Å². The van der Waals surface area contributed by atoms with E-state index < -0.39 is 11.7 Å². The Kier molecular flexibility index (Phi) is 8.20. The topological polar surface area (TPSA) is 61.8 Å². The lowest BCUT2D eigenvalue weighted by atomic mass is 9.86. The van der Waals surface area contributed by atoms with E-state index in [1.54, 1.807) is 25.4 Å². The second-order valence-electron chi connectivity index (χ2n) is 10.4. The smallest absolute Gasteiger partial charge is 0.383 e. The molecule has 2 aliphatic heterocycles. The van der Waals surface area contributed by atoms with E-state index in [1.807, 2.05) is 11.8 Å². The molecule has 7 nitrogen and oxygen atoms in total. The summed E-state index contributed by atoms with van der Waals surface area (Å²) in [5.41, 5.74) is 1.41. The standard InChI is InChI=1S/C27H36F3N5O2/c1-19-16-34(26(3)9-11-33(12-10-26)25(36)23-15-31-18-32-20(23)2)13-14-35(19)24(17-37-4)21-5-7-22(8-6-21)27(28,29)30/h5-8,15,18-19,24H,9-14,16-17H2,1-4H3/t19-,24-/m0/s1. The molecule has 4 rings (SSSR count). The van der Waals surface area contributed by atoms with Gasteiger partial charge in [-0.15, -0.1) is 0 Å². The number of amides is 1. The summed E-state index contributed by atoms with van der Waals surface area (Å²) in [5, 5.41) is 0. The number of carbonyl (C=O) groups is 1. The van der Waals surface area contributed by atoms with Crippen LogP contribution < -0.4 is 0 Å². The van der Waals surface area contributed by atoms with E-state index in [4.69, 9.17) is 4.74 Å². The summed E-state index contributed by atoms with van der Waals surface area (Å²) in [6.07, 6.45) is 0.441. The Morgan fingerprint density at radius 2 is 1.84 bits per heavy atom. The number of likely N-dealkylation sites (tertiary alicyclic amines) is 1. The van der Waals surface area contributed by atoms with Crippen LogP contribution in [-0.2, 0) is 10.9 Å². The monoisotopic (exact) mass is 519 g/mol. The molecule has 10 heteroatoms. The molecular formula is C27H36F3N5O2. The number of carbonyl (C=O) groups excluding carboxylic acids is 1. The summed E-state index contributed by atoms with van der Waals surface area (Å²) >= 11 is 0. The summed E-state index contributed by atoms with van der Waals surface area (Å²) in [6, 6.07) is 5.51. The van der Waals surface area contributed by atoms with Crippen molar-refractivity contribution in [3.63, 3.8) is 0 Å². The van der Waals surface area contributed by atoms with Gasteiger partial charge in [-0.1, -0.05) is 12.1 Å². The molecule has 0 N–H and O–H groups in total. The lowest BCUT2D eigenvalue weighted by Gasteiger charge is -2.52. The molecule has 2 saturated heterocycles. The summed E-state index contributed by atoms with van der Waals surface area (Å²) in [6.45, 7) is 10.5. The Hall–Kier alpha value is -2.56. The fourth-order valence-electron chi connectivity index (χ4n) is 5.64. The van der Waals surface area contributed by atoms with Crippen molar-refractivity contribution >= 4 is 5.91 Å². The lowest BCUT2D eigenvalue weighted by Crippen LogP contribution is -2.62. The van der Waals surface area contributed by atoms with Crippen LogP contribution in [0.5, 0.6) is 0 Å². The van der Waals surface area contributed by atoms with Crippen LogP contribution in [0, 0.1) is 6.92 Å². The number of aromatic nitrogens is 2. The van der Waals surface area contributed by atoms with Crippen LogP contribution in [0.2, 0.25) is 0 Å². The Bertz CT molecular complexity index is 1070. The van der Waals surface area contributed by atoms with E-state index in [0.29, 0.717) is 31.0 Å². The zero-order valence-corrected chi connectivity index (χ0v) is 22.0. The number of hydrogen-bond donors (Lipinski definition) is 0. The number of rotatable bonds is 6. The van der Waals surface area contributed by atoms with Gasteiger partial charge in [0.25, 0.3) is 5.91 Å². The zero-order valence-electron chi connectivity index (χ0n) is 22.0. The number of halogens is 3. The molecule has 1 amide bonds. The molecule has 0 bridgehead atoms. The van der Waals surface area contributed by atoms with Crippen LogP contribution in [0.25, 0.3) is 0 Å². The van der Waals surface area contributed by atoms with Gasteiger partial charge in [0.05, 0.1) is 29.5 Å². The molecule has 0 radical (unpaired) electrons. The predicted molar refractivity (Wildman–Crippen MR) is 134 cm³/mol. The largest absolute Gasteiger partial charge is 0.416 e. The van der Waals surface area contributed by atoms with Crippen molar-refractivity contribution in [1.29, 1.82) is 0 Å². The van der Waals surface area contributed by atoms with Crippen LogP contribution in [-0.4, -0.2) is 88.6 Å². The molecule has 2 atom stereocenters. The molecule has 2 fully saturated rings. The quantitative estimate of drug-likeness (QED) is 0.571. The Morgan fingerprint density at radius 1 is 1.16 bits per heavy atom. The van der Waals surface area contributed by atoms with E-state index in [0.717, 1.165) is 50.2 Å². The number of alkyl halides is 3. The van der Waals surface area contributed by atoms with Crippen molar-refractivity contribution in [3.05, 3.63) is 59.2 Å². The average molecular weight is 520 g/mol. The molecule has 1 aromatic carbocycles. The summed E-state index contributed by atoms with van der Waals surface area (Å²) in [4.78, 5) is 27.9. The van der Waals surface area contributed by atoms with Crippen LogP contribution in [0.15, 0.2) is 36.8 Å². The number of ether oxygens (including phenoxy) is 1. The summed E-state index contributed by atoms with van der Waals surface area (Å²) in [5.74, 6) is -0.0164. The highest BCUT2D eigenvalue weighted by Crippen LogP contribution is 2.35. The molecular weight excluding hydrogens is 483 g/mol. The van der Waals surface area contributed by atoms with Gasteiger partial charge in [0.15, 0.2) is 0 Å². The van der Waals surface area contributed by atoms with E-state index in [1.165, 1.54) is 6.33 Å². The highest BCUT2D eigenvalue weighted by molar-refractivity contribution is 5.94. The van der Waals surface area contributed by atoms with Crippen molar-refractivity contribution in [3.8, 4) is 0 Å². The second kappa shape index (κ2) is 11.0. The summed E-state index contributed by atoms with van der Waals surface area (Å²) in [7, 11) is 1.62. The molecule has 0 unspecified atom stereocenters. The van der Waals surface area contributed by atoms with Gasteiger partial charge in [0.1, 0.15) is 6.33 Å². The van der Waals surface area contributed by atoms with Gasteiger partial charge in [0, 0.05) is 57.6 Å². The van der Waals surface area contributed by atoms with E-state index in [-0.39, 0.29) is 23.5 Å². The van der Waals surface area contributed by atoms with Crippen molar-refractivity contribution in [2.24, 2.45) is 0 Å². The molecule has 0 aliphatic carbocycles. The van der Waals surface area contributed by atoms with Gasteiger partial charge in [-0.2, -0.15) is 13.2 Å². The second-order valence-corrected chi connectivity index (χ2v) is 10.4. The molecule has 2 aliphatic rings. The van der Waals surface area contributed by atoms with Gasteiger partial charge in [-0.25, -0.2) is 9.97 Å². The number of piperazine rings is 1. The molecule has 37 heavy (non-hydrogen) atoms. The van der Waals surface area contributed by atoms with Crippen molar-refractivity contribution in [2.45, 2.75) is 57.4 Å². The van der Waals surface area contributed by atoms with Gasteiger partial charge < -0.3 is 9.64 Å². The van der Waals surface area contributed by atoms with Crippen molar-refractivity contribution in [2.75, 3.05) is 46.4 Å². The van der Waals surface area contributed by atoms with Gasteiger partial charge in [0.2, 0.25) is 0 Å². The van der Waals surface area contributed by atoms with Crippen molar-refractivity contribution < 1.29 is 22.7 Å². The Balaban J connectivity index is 1.39. The molecule has 0 saturated carbocycles. The average Bonchev–Trinajstić information content (AvgIpc) is 2.87. The predicted octanol–water partition coefficient (Wildman–Crippen LogP) is 4.19. The number of aryl methyl sites for hydroxylation is 1. The first-order valence-corrected chi connectivity index (χ1v) is 12.8. The fourth-order valence-corrected chi connectivity index (χ4v) is 5.64. The van der Waals surface area contributed by atoms with Crippen LogP contribution in [0.3, 0.4) is 0 Å². The normalized spacial score (nSPS) is 22.1. The SMILES string of the molecule is COC[C@@H](c1ccc(C(F)(F)F)cc1)N1CCN(C2(C)CCN(C(=O)c3cncnc3C)CC2)C[C@@H]1C. The highest BCUT2D eigenvalue weighted by Gasteiger charge is 2.41. The first-order valence-electron chi connectivity index (χ1n) is 12.8. The number of nitrogens with zero attached hydrogens (tertiary/aromatic N) is 5. The van der Waals surface area contributed by atoms with Crippen LogP contribution in [0.4, 0.5) is 13.2 Å². The number of benzene rings is 1.